The lowest BCUT2D eigenvalue weighted by Gasteiger charge is -2.06. The van der Waals surface area contributed by atoms with Gasteiger partial charge >= 0.3 is 0 Å². The minimum absolute atomic E-state index is 0.0134. The molecule has 0 aliphatic heterocycles. The fourth-order valence-electron chi connectivity index (χ4n) is 1.15. The molecule has 0 aliphatic carbocycles. The molecule has 0 radical (unpaired) electrons. The van der Waals surface area contributed by atoms with E-state index in [2.05, 4.69) is 5.32 Å². The smallest absolute Gasteiger partial charge is 0.221 e. The SMILES string of the molecule is CC(=O)Nc1ccc(OCCS(C)(=O)=O)cc1. The zero-order valence-electron chi connectivity index (χ0n) is 9.76. The van der Waals surface area contributed by atoms with Crippen LogP contribution in [-0.4, -0.2) is 32.9 Å². The van der Waals surface area contributed by atoms with Crippen molar-refractivity contribution in [3.63, 3.8) is 0 Å². The standard InChI is InChI=1S/C11H15NO4S/c1-9(13)12-10-3-5-11(6-4-10)16-7-8-17(2,14)15/h3-6H,7-8H2,1-2H3,(H,12,13). The highest BCUT2D eigenvalue weighted by atomic mass is 32.2. The first kappa shape index (κ1) is 13.5. The predicted molar refractivity (Wildman–Crippen MR) is 66.0 cm³/mol. The van der Waals surface area contributed by atoms with Crippen LogP contribution in [-0.2, 0) is 14.6 Å². The molecule has 0 aliphatic rings. The lowest BCUT2D eigenvalue weighted by molar-refractivity contribution is -0.114. The maximum Gasteiger partial charge on any atom is 0.221 e. The molecule has 1 aromatic rings. The van der Waals surface area contributed by atoms with E-state index >= 15 is 0 Å². The van der Waals surface area contributed by atoms with Crippen LogP contribution in [0.1, 0.15) is 6.92 Å². The van der Waals surface area contributed by atoms with Crippen LogP contribution in [0.15, 0.2) is 24.3 Å². The first-order valence-electron chi connectivity index (χ1n) is 5.05. The van der Waals surface area contributed by atoms with Gasteiger partial charge in [0.15, 0.2) is 9.84 Å². The largest absolute Gasteiger partial charge is 0.493 e. The highest BCUT2D eigenvalue weighted by Gasteiger charge is 2.02. The van der Waals surface area contributed by atoms with E-state index in [1.807, 2.05) is 0 Å². The maximum atomic E-state index is 10.9. The number of sulfone groups is 1. The molecular formula is C11H15NO4S. The number of carbonyl (C=O) groups excluding carboxylic acids is 1. The zero-order valence-corrected chi connectivity index (χ0v) is 10.6. The second kappa shape index (κ2) is 5.67. The monoisotopic (exact) mass is 257 g/mol. The van der Waals surface area contributed by atoms with Crippen LogP contribution in [0.3, 0.4) is 0 Å². The predicted octanol–water partition coefficient (Wildman–Crippen LogP) is 1.07. The summed E-state index contributed by atoms with van der Waals surface area (Å²) in [4.78, 5) is 10.8. The summed E-state index contributed by atoms with van der Waals surface area (Å²) in [6, 6.07) is 6.73. The molecule has 0 heterocycles. The number of ether oxygens (including phenoxy) is 1. The molecule has 0 aromatic heterocycles. The van der Waals surface area contributed by atoms with E-state index in [0.29, 0.717) is 11.4 Å². The van der Waals surface area contributed by atoms with Crippen LogP contribution in [0.5, 0.6) is 5.75 Å². The Labute approximate surface area is 101 Å². The van der Waals surface area contributed by atoms with Gasteiger partial charge in [0.1, 0.15) is 12.4 Å². The number of anilines is 1. The fourth-order valence-corrected chi connectivity index (χ4v) is 1.53. The quantitative estimate of drug-likeness (QED) is 0.856. The number of rotatable bonds is 5. The molecule has 5 nitrogen and oxygen atoms in total. The number of hydrogen-bond donors (Lipinski definition) is 1. The Hall–Kier alpha value is -1.56. The third-order valence-electron chi connectivity index (χ3n) is 1.90. The second-order valence-electron chi connectivity index (χ2n) is 3.68. The van der Waals surface area contributed by atoms with Gasteiger partial charge in [0.05, 0.1) is 5.75 Å². The van der Waals surface area contributed by atoms with Crippen LogP contribution in [0, 0.1) is 0 Å². The van der Waals surface area contributed by atoms with Crippen molar-refractivity contribution in [2.45, 2.75) is 6.92 Å². The molecule has 17 heavy (non-hydrogen) atoms. The molecule has 0 unspecified atom stereocenters. The summed E-state index contributed by atoms with van der Waals surface area (Å²) in [6.45, 7) is 1.55. The van der Waals surface area contributed by atoms with Crippen molar-refractivity contribution in [1.29, 1.82) is 0 Å². The summed E-state index contributed by atoms with van der Waals surface area (Å²) in [5, 5.41) is 2.62. The van der Waals surface area contributed by atoms with Gasteiger partial charge in [-0.2, -0.15) is 0 Å². The first-order chi connectivity index (χ1) is 7.87. The van der Waals surface area contributed by atoms with Crippen LogP contribution in [0.4, 0.5) is 5.69 Å². The Kier molecular flexibility index (Phi) is 4.51. The van der Waals surface area contributed by atoms with E-state index < -0.39 is 9.84 Å². The number of benzene rings is 1. The van der Waals surface area contributed by atoms with Crippen molar-refractivity contribution >= 4 is 21.4 Å². The minimum atomic E-state index is -3.00. The third kappa shape index (κ3) is 5.91. The van der Waals surface area contributed by atoms with Gasteiger partial charge in [0.25, 0.3) is 0 Å². The number of amides is 1. The molecular weight excluding hydrogens is 242 g/mol. The van der Waals surface area contributed by atoms with Crippen molar-refractivity contribution in [3.05, 3.63) is 24.3 Å². The molecule has 0 spiro atoms. The summed E-state index contributed by atoms with van der Waals surface area (Å²) in [7, 11) is -3.00. The Morgan fingerprint density at radius 1 is 1.29 bits per heavy atom. The van der Waals surface area contributed by atoms with Gasteiger partial charge in [-0.25, -0.2) is 8.42 Å². The Morgan fingerprint density at radius 2 is 1.88 bits per heavy atom. The number of nitrogens with one attached hydrogen (secondary N) is 1. The normalized spacial score (nSPS) is 10.9. The average molecular weight is 257 g/mol. The van der Waals surface area contributed by atoms with Gasteiger partial charge in [0, 0.05) is 18.9 Å². The molecule has 1 aromatic carbocycles. The molecule has 0 saturated carbocycles. The summed E-state index contributed by atoms with van der Waals surface area (Å²) in [5.74, 6) is 0.416. The Morgan fingerprint density at radius 3 is 2.35 bits per heavy atom. The summed E-state index contributed by atoms with van der Waals surface area (Å²) in [5.41, 5.74) is 0.674. The fraction of sp³-hybridized carbons (Fsp3) is 0.364. The van der Waals surface area contributed by atoms with E-state index in [0.717, 1.165) is 6.26 Å². The van der Waals surface area contributed by atoms with Gasteiger partial charge in [-0.15, -0.1) is 0 Å². The van der Waals surface area contributed by atoms with Gasteiger partial charge in [0.2, 0.25) is 5.91 Å². The Bertz CT molecular complexity index is 479. The van der Waals surface area contributed by atoms with Crippen molar-refractivity contribution in [3.8, 4) is 5.75 Å². The number of carbonyl (C=O) groups is 1. The highest BCUT2D eigenvalue weighted by molar-refractivity contribution is 7.90. The molecule has 0 fully saturated rings. The first-order valence-corrected chi connectivity index (χ1v) is 7.11. The van der Waals surface area contributed by atoms with E-state index in [9.17, 15) is 13.2 Å². The molecule has 6 heteroatoms. The summed E-state index contributed by atoms with van der Waals surface area (Å²) >= 11 is 0. The van der Waals surface area contributed by atoms with Crippen molar-refractivity contribution in [2.75, 3.05) is 23.9 Å². The third-order valence-corrected chi connectivity index (χ3v) is 2.81. The topological polar surface area (TPSA) is 72.5 Å². The van der Waals surface area contributed by atoms with E-state index in [1.54, 1.807) is 24.3 Å². The van der Waals surface area contributed by atoms with Gasteiger partial charge < -0.3 is 10.1 Å². The van der Waals surface area contributed by atoms with Gasteiger partial charge in [-0.1, -0.05) is 0 Å². The lowest BCUT2D eigenvalue weighted by atomic mass is 10.3. The van der Waals surface area contributed by atoms with E-state index in [4.69, 9.17) is 4.74 Å². The highest BCUT2D eigenvalue weighted by Crippen LogP contribution is 2.15. The molecule has 0 atom stereocenters. The summed E-state index contributed by atoms with van der Waals surface area (Å²) in [6.07, 6.45) is 1.16. The molecule has 1 amide bonds. The maximum absolute atomic E-state index is 10.9. The molecule has 1 rings (SSSR count). The summed E-state index contributed by atoms with van der Waals surface area (Å²) < 4.78 is 27.0. The zero-order chi connectivity index (χ0) is 12.9. The van der Waals surface area contributed by atoms with Crippen LogP contribution in [0.2, 0.25) is 0 Å². The number of hydrogen-bond acceptors (Lipinski definition) is 4. The Balaban J connectivity index is 2.48. The molecule has 94 valence electrons. The average Bonchev–Trinajstić information content (AvgIpc) is 2.18. The molecule has 0 bridgehead atoms. The van der Waals surface area contributed by atoms with E-state index in [1.165, 1.54) is 6.92 Å². The molecule has 1 N–H and O–H groups in total. The van der Waals surface area contributed by atoms with Crippen LogP contribution >= 0.6 is 0 Å². The van der Waals surface area contributed by atoms with Crippen LogP contribution in [0.25, 0.3) is 0 Å². The van der Waals surface area contributed by atoms with Gasteiger partial charge in [-0.3, -0.25) is 4.79 Å². The van der Waals surface area contributed by atoms with Crippen LogP contribution < -0.4 is 10.1 Å². The van der Waals surface area contributed by atoms with Crippen molar-refractivity contribution < 1.29 is 17.9 Å². The second-order valence-corrected chi connectivity index (χ2v) is 5.94. The molecule has 0 saturated heterocycles. The van der Waals surface area contributed by atoms with Crippen molar-refractivity contribution in [2.24, 2.45) is 0 Å². The van der Waals surface area contributed by atoms with Crippen molar-refractivity contribution in [1.82, 2.24) is 0 Å². The minimum Gasteiger partial charge on any atom is -0.493 e. The van der Waals surface area contributed by atoms with E-state index in [-0.39, 0.29) is 18.3 Å². The van der Waals surface area contributed by atoms with Gasteiger partial charge in [-0.05, 0) is 24.3 Å². The lowest BCUT2D eigenvalue weighted by Crippen LogP contribution is -2.12.